The van der Waals surface area contributed by atoms with Gasteiger partial charge in [0.25, 0.3) is 11.6 Å². The first-order valence-electron chi connectivity index (χ1n) is 8.62. The fourth-order valence-corrected chi connectivity index (χ4v) is 3.98. The molecule has 0 bridgehead atoms. The molecule has 3 N–H and O–H groups in total. The third kappa shape index (κ3) is 3.49. The van der Waals surface area contributed by atoms with E-state index >= 15 is 0 Å². The van der Waals surface area contributed by atoms with Crippen LogP contribution < -0.4 is 11.2 Å². The van der Waals surface area contributed by atoms with Crippen LogP contribution in [0.1, 0.15) is 21.0 Å². The van der Waals surface area contributed by atoms with Gasteiger partial charge in [-0.05, 0) is 30.7 Å². The van der Waals surface area contributed by atoms with Crippen LogP contribution in [0.3, 0.4) is 0 Å². The van der Waals surface area contributed by atoms with Crippen molar-refractivity contribution in [1.82, 2.24) is 15.4 Å². The number of hydrogen-bond donors (Lipinski definition) is 2. The van der Waals surface area contributed by atoms with Gasteiger partial charge in [-0.25, -0.2) is 15.4 Å². The van der Waals surface area contributed by atoms with Crippen LogP contribution in [-0.2, 0) is 0 Å². The van der Waals surface area contributed by atoms with E-state index in [9.17, 15) is 14.9 Å². The number of nitrogens with two attached hydrogens (primary N) is 1. The molecular formula is C19H14N6O4S. The SMILES string of the molecule is Cc1c(C(=O)N/N=C\c2ccc(-c3ccccc3[N+](=O)[O-])o2)sc2ncnc(N)c12. The highest BCUT2D eigenvalue weighted by atomic mass is 32.1. The summed E-state index contributed by atoms with van der Waals surface area (Å²) < 4.78 is 5.60. The number of nitrogens with zero attached hydrogens (tertiary/aromatic N) is 4. The van der Waals surface area contributed by atoms with Gasteiger partial charge < -0.3 is 10.2 Å². The molecule has 0 aliphatic carbocycles. The summed E-state index contributed by atoms with van der Waals surface area (Å²) >= 11 is 1.19. The Labute approximate surface area is 173 Å². The van der Waals surface area contributed by atoms with Crippen LogP contribution in [0.4, 0.5) is 11.5 Å². The van der Waals surface area contributed by atoms with E-state index in [0.717, 1.165) is 0 Å². The van der Waals surface area contributed by atoms with Gasteiger partial charge in [0, 0.05) is 6.07 Å². The summed E-state index contributed by atoms with van der Waals surface area (Å²) in [6.07, 6.45) is 2.66. The Morgan fingerprint density at radius 1 is 1.30 bits per heavy atom. The summed E-state index contributed by atoms with van der Waals surface area (Å²) in [7, 11) is 0. The molecule has 1 amide bonds. The van der Waals surface area contributed by atoms with E-state index in [1.807, 2.05) is 0 Å². The van der Waals surface area contributed by atoms with Crippen LogP contribution in [0.5, 0.6) is 0 Å². The number of nitro groups is 1. The number of amides is 1. The van der Waals surface area contributed by atoms with Gasteiger partial charge in [-0.15, -0.1) is 11.3 Å². The van der Waals surface area contributed by atoms with E-state index in [-0.39, 0.29) is 5.69 Å². The van der Waals surface area contributed by atoms with Gasteiger partial charge >= 0.3 is 0 Å². The number of benzene rings is 1. The van der Waals surface area contributed by atoms with Crippen LogP contribution in [0, 0.1) is 17.0 Å². The molecule has 30 heavy (non-hydrogen) atoms. The number of carbonyl (C=O) groups excluding carboxylic acids is 1. The zero-order chi connectivity index (χ0) is 21.3. The van der Waals surface area contributed by atoms with E-state index < -0.39 is 10.8 Å². The molecule has 0 saturated heterocycles. The quantitative estimate of drug-likeness (QED) is 0.284. The fraction of sp³-hybridized carbons (Fsp3) is 0.0526. The van der Waals surface area contributed by atoms with Gasteiger partial charge in [-0.2, -0.15) is 5.10 Å². The molecule has 11 heteroatoms. The normalized spacial score (nSPS) is 11.2. The number of nitrogen functional groups attached to an aromatic ring is 1. The summed E-state index contributed by atoms with van der Waals surface area (Å²) in [5.74, 6) is 0.544. The van der Waals surface area contributed by atoms with Crippen molar-refractivity contribution in [2.75, 3.05) is 5.73 Å². The number of nitro benzene ring substituents is 1. The maximum absolute atomic E-state index is 12.5. The van der Waals surface area contributed by atoms with E-state index in [1.165, 1.54) is 29.9 Å². The van der Waals surface area contributed by atoms with Crippen molar-refractivity contribution in [2.45, 2.75) is 6.92 Å². The van der Waals surface area contributed by atoms with Crippen molar-refractivity contribution in [3.63, 3.8) is 0 Å². The molecule has 0 aliphatic heterocycles. The summed E-state index contributed by atoms with van der Waals surface area (Å²) in [5.41, 5.74) is 9.26. The average Bonchev–Trinajstić information content (AvgIpc) is 3.33. The number of hydrogen-bond acceptors (Lipinski definition) is 9. The second kappa shape index (κ2) is 7.72. The zero-order valence-corrected chi connectivity index (χ0v) is 16.3. The predicted molar refractivity (Wildman–Crippen MR) is 112 cm³/mol. The highest BCUT2D eigenvalue weighted by molar-refractivity contribution is 7.20. The van der Waals surface area contributed by atoms with Crippen molar-refractivity contribution < 1.29 is 14.1 Å². The molecule has 4 aromatic rings. The van der Waals surface area contributed by atoms with Gasteiger partial charge in [0.05, 0.1) is 27.0 Å². The maximum atomic E-state index is 12.5. The molecule has 3 heterocycles. The molecule has 4 rings (SSSR count). The number of anilines is 1. The van der Waals surface area contributed by atoms with Gasteiger partial charge in [-0.3, -0.25) is 14.9 Å². The first kappa shape index (κ1) is 19.2. The number of nitrogens with one attached hydrogen (secondary N) is 1. The second-order valence-electron chi connectivity index (χ2n) is 6.17. The number of carbonyl (C=O) groups is 1. The Morgan fingerprint density at radius 2 is 2.10 bits per heavy atom. The molecular weight excluding hydrogens is 408 g/mol. The minimum atomic E-state index is -0.476. The Balaban J connectivity index is 1.51. The number of thiophene rings is 1. The predicted octanol–water partition coefficient (Wildman–Crippen LogP) is 3.51. The maximum Gasteiger partial charge on any atom is 0.281 e. The molecule has 3 aromatic heterocycles. The first-order chi connectivity index (χ1) is 14.5. The van der Waals surface area contributed by atoms with Crippen molar-refractivity contribution >= 4 is 45.2 Å². The van der Waals surface area contributed by atoms with Gasteiger partial charge in [-0.1, -0.05) is 12.1 Å². The molecule has 10 nitrogen and oxygen atoms in total. The lowest BCUT2D eigenvalue weighted by molar-refractivity contribution is -0.384. The standard InChI is InChI=1S/C19H14N6O4S/c1-10-15-17(20)21-9-22-19(15)30-16(10)18(26)24-23-8-11-6-7-14(29-11)12-4-2-3-5-13(12)25(27)28/h2-9H,1H3,(H,24,26)(H2,20,21,22)/b23-8-. The van der Waals surface area contributed by atoms with Crippen molar-refractivity contribution in [3.05, 3.63) is 69.0 Å². The zero-order valence-electron chi connectivity index (χ0n) is 15.5. The van der Waals surface area contributed by atoms with Crippen LogP contribution in [0.15, 0.2) is 52.2 Å². The molecule has 0 saturated carbocycles. The highest BCUT2D eigenvalue weighted by Gasteiger charge is 2.19. The topological polar surface area (TPSA) is 150 Å². The lowest BCUT2D eigenvalue weighted by Gasteiger charge is -1.99. The minimum absolute atomic E-state index is 0.0637. The number of rotatable bonds is 5. The molecule has 1 aromatic carbocycles. The van der Waals surface area contributed by atoms with Crippen molar-refractivity contribution in [2.24, 2.45) is 5.10 Å². The van der Waals surface area contributed by atoms with E-state index in [4.69, 9.17) is 10.2 Å². The van der Waals surface area contributed by atoms with E-state index in [1.54, 1.807) is 37.3 Å². The minimum Gasteiger partial charge on any atom is -0.455 e. The molecule has 150 valence electrons. The Kier molecular flexibility index (Phi) is 4.94. The Bertz CT molecular complexity index is 1310. The van der Waals surface area contributed by atoms with Gasteiger partial charge in [0.2, 0.25) is 0 Å². The smallest absolute Gasteiger partial charge is 0.281 e. The van der Waals surface area contributed by atoms with Crippen LogP contribution >= 0.6 is 11.3 Å². The number of furan rings is 1. The first-order valence-corrected chi connectivity index (χ1v) is 9.44. The molecule has 0 spiro atoms. The summed E-state index contributed by atoms with van der Waals surface area (Å²) in [4.78, 5) is 32.3. The fourth-order valence-electron chi connectivity index (χ4n) is 2.93. The highest BCUT2D eigenvalue weighted by Crippen LogP contribution is 2.32. The third-order valence-corrected chi connectivity index (χ3v) is 5.51. The second-order valence-corrected chi connectivity index (χ2v) is 7.17. The molecule has 0 radical (unpaired) electrons. The summed E-state index contributed by atoms with van der Waals surface area (Å²) in [5, 5.41) is 15.7. The number of para-hydroxylation sites is 1. The number of aryl methyl sites for hydroxylation is 1. The van der Waals surface area contributed by atoms with E-state index in [0.29, 0.717) is 43.6 Å². The Hall–Kier alpha value is -4.12. The largest absolute Gasteiger partial charge is 0.455 e. The molecule has 0 aliphatic rings. The van der Waals surface area contributed by atoms with E-state index in [2.05, 4.69) is 20.5 Å². The lowest BCUT2D eigenvalue weighted by Crippen LogP contribution is -2.17. The van der Waals surface area contributed by atoms with Crippen LogP contribution in [-0.4, -0.2) is 27.0 Å². The van der Waals surface area contributed by atoms with Gasteiger partial charge in [0.15, 0.2) is 0 Å². The van der Waals surface area contributed by atoms with Crippen molar-refractivity contribution in [1.29, 1.82) is 0 Å². The number of fused-ring (bicyclic) bond motifs is 1. The number of hydrazone groups is 1. The summed E-state index contributed by atoms with van der Waals surface area (Å²) in [6.45, 7) is 1.77. The van der Waals surface area contributed by atoms with Crippen LogP contribution in [0.2, 0.25) is 0 Å². The lowest BCUT2D eigenvalue weighted by atomic mass is 10.1. The van der Waals surface area contributed by atoms with Gasteiger partial charge in [0.1, 0.15) is 28.5 Å². The average molecular weight is 422 g/mol. The van der Waals surface area contributed by atoms with Crippen LogP contribution in [0.25, 0.3) is 21.5 Å². The summed E-state index contributed by atoms with van der Waals surface area (Å²) in [6, 6.07) is 9.46. The monoisotopic (exact) mass is 422 g/mol. The third-order valence-electron chi connectivity index (χ3n) is 4.31. The Morgan fingerprint density at radius 3 is 2.87 bits per heavy atom. The molecule has 0 atom stereocenters. The number of aromatic nitrogens is 2. The molecule has 0 unspecified atom stereocenters. The molecule has 0 fully saturated rings. The van der Waals surface area contributed by atoms with Crippen molar-refractivity contribution in [3.8, 4) is 11.3 Å².